The molecule has 3 aliphatic rings. The van der Waals surface area contributed by atoms with E-state index in [2.05, 4.69) is 17.4 Å². The Labute approximate surface area is 138 Å². The molecule has 1 spiro atoms. The Balaban J connectivity index is 1.60. The molecule has 0 unspecified atom stereocenters. The van der Waals surface area contributed by atoms with Crippen LogP contribution in [0.3, 0.4) is 0 Å². The van der Waals surface area contributed by atoms with Crippen LogP contribution < -0.4 is 10.2 Å². The number of urea groups is 1. The van der Waals surface area contributed by atoms with E-state index in [0.29, 0.717) is 18.5 Å². The normalized spacial score (nSPS) is 31.2. The maximum atomic E-state index is 13.1. The van der Waals surface area contributed by atoms with Crippen molar-refractivity contribution in [3.05, 3.63) is 30.1 Å². The van der Waals surface area contributed by atoms with Crippen molar-refractivity contribution in [1.82, 2.24) is 5.32 Å². The van der Waals surface area contributed by atoms with Crippen molar-refractivity contribution in [2.24, 2.45) is 11.1 Å². The third kappa shape index (κ3) is 2.11. The van der Waals surface area contributed by atoms with Crippen LogP contribution >= 0.6 is 0 Å². The predicted molar refractivity (Wildman–Crippen MR) is 85.1 cm³/mol. The second-order valence-corrected chi connectivity index (χ2v) is 6.62. The summed E-state index contributed by atoms with van der Waals surface area (Å²) < 4.78 is 13.1. The molecule has 0 radical (unpaired) electrons. The van der Waals surface area contributed by atoms with Gasteiger partial charge in [0.05, 0.1) is 11.4 Å². The van der Waals surface area contributed by atoms with E-state index in [-0.39, 0.29) is 17.9 Å². The highest BCUT2D eigenvalue weighted by atomic mass is 19.1. The summed E-state index contributed by atoms with van der Waals surface area (Å²) in [5, 5.41) is 6.98. The number of hydrogen-bond donors (Lipinski definition) is 1. The maximum Gasteiger partial charge on any atom is 0.329 e. The Morgan fingerprint density at radius 3 is 2.79 bits per heavy atom. The minimum absolute atomic E-state index is 0.0716. The molecule has 7 heteroatoms. The number of benzene rings is 1. The summed E-state index contributed by atoms with van der Waals surface area (Å²) in [6.45, 7) is 2.07. The summed E-state index contributed by atoms with van der Waals surface area (Å²) in [5.41, 5.74) is 0.397. The third-order valence-corrected chi connectivity index (χ3v) is 5.05. The van der Waals surface area contributed by atoms with Crippen LogP contribution in [0.5, 0.6) is 0 Å². The highest BCUT2D eigenvalue weighted by Gasteiger charge is 2.61. The zero-order valence-corrected chi connectivity index (χ0v) is 13.3. The van der Waals surface area contributed by atoms with E-state index in [1.54, 1.807) is 0 Å². The highest BCUT2D eigenvalue weighted by molar-refractivity contribution is 6.23. The van der Waals surface area contributed by atoms with Crippen LogP contribution in [0, 0.1) is 11.7 Å². The first-order chi connectivity index (χ1) is 11.5. The number of amides is 3. The number of hydrogen-bond acceptors (Lipinski definition) is 4. The molecule has 3 atom stereocenters. The van der Waals surface area contributed by atoms with Gasteiger partial charge in [0.15, 0.2) is 0 Å². The van der Waals surface area contributed by atoms with Crippen molar-refractivity contribution < 1.29 is 18.8 Å². The van der Waals surface area contributed by atoms with E-state index in [0.717, 1.165) is 23.5 Å². The van der Waals surface area contributed by atoms with E-state index in [9.17, 15) is 14.0 Å². The molecule has 3 amide bonds. The van der Waals surface area contributed by atoms with Crippen molar-refractivity contribution in [3.8, 4) is 0 Å². The Kier molecular flexibility index (Phi) is 3.33. The summed E-state index contributed by atoms with van der Waals surface area (Å²) >= 11 is 0. The molecule has 1 N–H and O–H groups in total. The van der Waals surface area contributed by atoms with Crippen LogP contribution in [0.1, 0.15) is 32.6 Å². The fourth-order valence-corrected chi connectivity index (χ4v) is 3.93. The standard InChI is InChI=1S/C17H18FN3O3/c1-2-3-13-12-8-17(9-14(12)24-20-13)15(22)21(16(23)19-17)11-6-4-10(18)5-7-11/h4-7,12,14H,2-3,8-9H2,1H3,(H,19,23)/t12-,14-,17+/m0/s1. The first kappa shape index (κ1) is 15.1. The quantitative estimate of drug-likeness (QED) is 0.866. The van der Waals surface area contributed by atoms with Gasteiger partial charge in [0.1, 0.15) is 17.5 Å². The minimum Gasteiger partial charge on any atom is -0.392 e. The number of fused-ring (bicyclic) bond motifs is 1. The molecule has 2 fully saturated rings. The zero-order valence-electron chi connectivity index (χ0n) is 13.3. The van der Waals surface area contributed by atoms with Gasteiger partial charge in [0.25, 0.3) is 5.91 Å². The van der Waals surface area contributed by atoms with Crippen LogP contribution in [-0.4, -0.2) is 29.3 Å². The number of oxime groups is 1. The van der Waals surface area contributed by atoms with Gasteiger partial charge in [-0.1, -0.05) is 18.5 Å². The monoisotopic (exact) mass is 331 g/mol. The van der Waals surface area contributed by atoms with E-state index in [1.807, 2.05) is 0 Å². The van der Waals surface area contributed by atoms with E-state index in [4.69, 9.17) is 4.84 Å². The average molecular weight is 331 g/mol. The molecule has 24 heavy (non-hydrogen) atoms. The lowest BCUT2D eigenvalue weighted by molar-refractivity contribution is -0.122. The molecule has 1 saturated heterocycles. The van der Waals surface area contributed by atoms with Gasteiger partial charge in [-0.15, -0.1) is 0 Å². The van der Waals surface area contributed by atoms with Gasteiger partial charge in [-0.2, -0.15) is 0 Å². The number of imide groups is 1. The van der Waals surface area contributed by atoms with Crippen molar-refractivity contribution >= 4 is 23.3 Å². The molecule has 0 aromatic heterocycles. The largest absolute Gasteiger partial charge is 0.392 e. The summed E-state index contributed by atoms with van der Waals surface area (Å²) in [7, 11) is 0. The Morgan fingerprint density at radius 1 is 1.33 bits per heavy atom. The van der Waals surface area contributed by atoms with Crippen LogP contribution in [0.2, 0.25) is 0 Å². The molecule has 126 valence electrons. The Morgan fingerprint density at radius 2 is 2.08 bits per heavy atom. The number of nitrogens with zero attached hydrogens (tertiary/aromatic N) is 2. The maximum absolute atomic E-state index is 13.1. The number of carbonyl (C=O) groups excluding carboxylic acids is 2. The van der Waals surface area contributed by atoms with Gasteiger partial charge in [0.2, 0.25) is 0 Å². The predicted octanol–water partition coefficient (Wildman–Crippen LogP) is 2.59. The summed E-state index contributed by atoms with van der Waals surface area (Å²) in [6, 6.07) is 4.86. The van der Waals surface area contributed by atoms with E-state index < -0.39 is 17.4 Å². The van der Waals surface area contributed by atoms with Gasteiger partial charge in [-0.3, -0.25) is 4.79 Å². The van der Waals surface area contributed by atoms with E-state index in [1.165, 1.54) is 24.3 Å². The van der Waals surface area contributed by atoms with Gasteiger partial charge >= 0.3 is 6.03 Å². The smallest absolute Gasteiger partial charge is 0.329 e. The van der Waals surface area contributed by atoms with Gasteiger partial charge < -0.3 is 10.2 Å². The summed E-state index contributed by atoms with van der Waals surface area (Å²) in [6.07, 6.45) is 2.54. The molecule has 1 aromatic carbocycles. The molecular formula is C17H18FN3O3. The van der Waals surface area contributed by atoms with Crippen molar-refractivity contribution in [1.29, 1.82) is 0 Å². The van der Waals surface area contributed by atoms with Gasteiger partial charge in [-0.05, 0) is 37.1 Å². The number of nitrogens with one attached hydrogen (secondary N) is 1. The van der Waals surface area contributed by atoms with Crippen molar-refractivity contribution in [2.45, 2.75) is 44.2 Å². The summed E-state index contributed by atoms with van der Waals surface area (Å²) in [4.78, 5) is 31.9. The fraction of sp³-hybridized carbons (Fsp3) is 0.471. The minimum atomic E-state index is -0.949. The molecule has 0 bridgehead atoms. The first-order valence-corrected chi connectivity index (χ1v) is 8.19. The molecular weight excluding hydrogens is 313 g/mol. The lowest BCUT2D eigenvalue weighted by Gasteiger charge is -2.21. The summed E-state index contributed by atoms with van der Waals surface area (Å²) in [5.74, 6) is -0.639. The number of halogens is 1. The lowest BCUT2D eigenvalue weighted by Crippen LogP contribution is -2.45. The fourth-order valence-electron chi connectivity index (χ4n) is 3.93. The van der Waals surface area contributed by atoms with Gasteiger partial charge in [-0.25, -0.2) is 14.1 Å². The molecule has 1 aromatic rings. The SMILES string of the molecule is CCCC1=NO[C@H]2C[C@@]3(C[C@@H]12)NC(=O)N(c1ccc(F)cc1)C3=O. The first-order valence-electron chi connectivity index (χ1n) is 8.19. The van der Waals surface area contributed by atoms with Crippen LogP contribution in [-0.2, 0) is 9.63 Å². The average Bonchev–Trinajstić information content (AvgIpc) is 3.16. The second kappa shape index (κ2) is 5.29. The highest BCUT2D eigenvalue weighted by Crippen LogP contribution is 2.45. The molecule has 1 aliphatic carbocycles. The number of carbonyl (C=O) groups is 2. The molecule has 2 heterocycles. The Bertz CT molecular complexity index is 733. The van der Waals surface area contributed by atoms with Crippen LogP contribution in [0.25, 0.3) is 0 Å². The second-order valence-electron chi connectivity index (χ2n) is 6.62. The zero-order chi connectivity index (χ0) is 16.9. The number of anilines is 1. The van der Waals surface area contributed by atoms with Crippen LogP contribution in [0.15, 0.2) is 29.4 Å². The lowest BCUT2D eigenvalue weighted by atomic mass is 9.92. The molecule has 2 aliphatic heterocycles. The Hall–Kier alpha value is -2.44. The van der Waals surface area contributed by atoms with E-state index >= 15 is 0 Å². The van der Waals surface area contributed by atoms with Gasteiger partial charge in [0, 0.05) is 12.3 Å². The number of rotatable bonds is 3. The molecule has 4 rings (SSSR count). The molecule has 1 saturated carbocycles. The van der Waals surface area contributed by atoms with Crippen LogP contribution in [0.4, 0.5) is 14.9 Å². The van der Waals surface area contributed by atoms with Crippen molar-refractivity contribution in [2.75, 3.05) is 4.90 Å². The molecule has 6 nitrogen and oxygen atoms in total. The van der Waals surface area contributed by atoms with Crippen molar-refractivity contribution in [3.63, 3.8) is 0 Å². The third-order valence-electron chi connectivity index (χ3n) is 5.05. The topological polar surface area (TPSA) is 71.0 Å².